The average molecular weight is 492 g/mol. The summed E-state index contributed by atoms with van der Waals surface area (Å²) in [5, 5.41) is 0. The smallest absolute Gasteiger partial charge is 0.125 e. The summed E-state index contributed by atoms with van der Waals surface area (Å²) < 4.78 is 0.238. The average Bonchev–Trinajstić information content (AvgIpc) is 2.83. The van der Waals surface area contributed by atoms with Crippen molar-refractivity contribution in [3.63, 3.8) is 0 Å². The van der Waals surface area contributed by atoms with E-state index in [1.165, 1.54) is 11.1 Å². The van der Waals surface area contributed by atoms with Crippen LogP contribution in [0.25, 0.3) is 11.1 Å². The lowest BCUT2D eigenvalue weighted by Crippen LogP contribution is -2.82. The van der Waals surface area contributed by atoms with Gasteiger partial charge in [0.05, 0.1) is 23.3 Å². The molecule has 0 unspecified atom stereocenters. The lowest BCUT2D eigenvalue weighted by Gasteiger charge is -2.61. The van der Waals surface area contributed by atoms with E-state index in [1.54, 1.807) is 11.1 Å². The molecule has 0 nitrogen and oxygen atoms in total. The van der Waals surface area contributed by atoms with E-state index in [4.69, 9.17) is 15.3 Å². The van der Waals surface area contributed by atoms with E-state index in [0.29, 0.717) is 0 Å². The van der Waals surface area contributed by atoms with Gasteiger partial charge in [-0.05, 0) is 22.3 Å². The van der Waals surface area contributed by atoms with Crippen molar-refractivity contribution < 1.29 is 0 Å². The van der Waals surface area contributed by atoms with Crippen molar-refractivity contribution in [1.29, 1.82) is 0 Å². The largest absolute Gasteiger partial charge is 0.132 e. The Morgan fingerprint density at radius 1 is 0.593 bits per heavy atom. The van der Waals surface area contributed by atoms with Crippen molar-refractivity contribution in [2.45, 2.75) is 63.6 Å². The molecule has 0 fully saturated rings. The van der Waals surface area contributed by atoms with Crippen LogP contribution in [0.4, 0.5) is 0 Å². The van der Waals surface area contributed by atoms with Gasteiger partial charge in [-0.1, -0.05) is 107 Å². The highest BCUT2D eigenvalue weighted by molar-refractivity contribution is 9.29. The second kappa shape index (κ2) is 6.39. The first kappa shape index (κ1) is 21.5. The third-order valence-corrected chi connectivity index (χ3v) is 72.5. The zero-order valence-electron chi connectivity index (χ0n) is 18.5. The molecular formula is C22H35BrSi4. The van der Waals surface area contributed by atoms with Crippen LogP contribution in [0.5, 0.6) is 0 Å². The van der Waals surface area contributed by atoms with Crippen LogP contribution in [0, 0.1) is 0 Å². The molecule has 3 rings (SSSR count). The normalized spacial score (nSPS) is 16.8. The molecule has 2 aromatic rings. The predicted molar refractivity (Wildman–Crippen MR) is 137 cm³/mol. The third-order valence-electron chi connectivity index (χ3n) is 6.66. The summed E-state index contributed by atoms with van der Waals surface area (Å²) in [5.74, 6) is 0. The maximum Gasteiger partial charge on any atom is 0.125 e. The zero-order chi connectivity index (χ0) is 20.5. The quantitative estimate of drug-likeness (QED) is 0.306. The Morgan fingerprint density at radius 3 is 1.22 bits per heavy atom. The molecule has 146 valence electrons. The first-order valence-corrected chi connectivity index (χ1v) is 26.9. The topological polar surface area (TPSA) is 0 Å². The maximum absolute atomic E-state index is 4.78. The molecule has 0 atom stereocenters. The molecule has 5 heteroatoms. The number of fused-ring (bicyclic) bond motifs is 3. The van der Waals surface area contributed by atoms with Gasteiger partial charge in [-0.2, -0.15) is 0 Å². The maximum atomic E-state index is 4.78. The molecule has 0 spiro atoms. The Bertz CT molecular complexity index is 809. The van der Waals surface area contributed by atoms with Crippen LogP contribution in [0.15, 0.2) is 48.5 Å². The zero-order valence-corrected chi connectivity index (χ0v) is 24.1. The van der Waals surface area contributed by atoms with Crippen molar-refractivity contribution >= 4 is 44.3 Å². The molecule has 0 radical (unpaired) electrons. The molecule has 0 aromatic heterocycles. The minimum Gasteiger partial charge on any atom is -0.132 e. The number of rotatable bonds is 4. The molecule has 2 aromatic carbocycles. The van der Waals surface area contributed by atoms with Gasteiger partial charge in [0.1, 0.15) is 5.73 Å². The second-order valence-electron chi connectivity index (χ2n) is 11.2. The summed E-state index contributed by atoms with van der Waals surface area (Å²) in [6.45, 7) is 23.8. The highest BCUT2D eigenvalue weighted by atomic mass is 79.9. The SMILES string of the molecule is C[Si](C)(C)C1([Si](Br)([Si](C)(C)C)[Si](C)(C)C)c2ccccc2-c2ccccc21. The van der Waals surface area contributed by atoms with Gasteiger partial charge in [0.25, 0.3) is 0 Å². The molecule has 1 aliphatic carbocycles. The van der Waals surface area contributed by atoms with Crippen molar-refractivity contribution in [3.05, 3.63) is 59.7 Å². The van der Waals surface area contributed by atoms with E-state index in [2.05, 4.69) is 107 Å². The van der Waals surface area contributed by atoms with E-state index < -0.39 is 29.0 Å². The van der Waals surface area contributed by atoms with Crippen LogP contribution in [0.2, 0.25) is 58.9 Å². The Kier molecular flexibility index (Phi) is 5.09. The van der Waals surface area contributed by atoms with Gasteiger partial charge in [-0.25, -0.2) is 0 Å². The fraction of sp³-hybridized carbons (Fsp3) is 0.455. The fourth-order valence-electron chi connectivity index (χ4n) is 6.18. The molecule has 0 saturated carbocycles. The van der Waals surface area contributed by atoms with Gasteiger partial charge < -0.3 is 0 Å². The van der Waals surface area contributed by atoms with Gasteiger partial charge in [0.2, 0.25) is 0 Å². The van der Waals surface area contributed by atoms with E-state index in [9.17, 15) is 0 Å². The van der Waals surface area contributed by atoms with Gasteiger partial charge in [-0.3, -0.25) is 0 Å². The summed E-state index contributed by atoms with van der Waals surface area (Å²) >= 11 is 4.78. The first-order chi connectivity index (χ1) is 12.2. The van der Waals surface area contributed by atoms with Crippen LogP contribution in [-0.2, 0) is 4.66 Å². The number of benzene rings is 2. The second-order valence-corrected chi connectivity index (χ2v) is 51.0. The molecule has 0 heterocycles. The summed E-state index contributed by atoms with van der Waals surface area (Å²) in [5.41, 5.74) is 4.45. The summed E-state index contributed by atoms with van der Waals surface area (Å²) in [6.07, 6.45) is 0. The van der Waals surface area contributed by atoms with E-state index in [1.807, 2.05) is 0 Å². The predicted octanol–water partition coefficient (Wildman–Crippen LogP) is 7.54. The van der Waals surface area contributed by atoms with Crippen LogP contribution in [-0.4, -0.2) is 29.0 Å². The summed E-state index contributed by atoms with van der Waals surface area (Å²) in [4.78, 5) is 0. The fourth-order valence-corrected chi connectivity index (χ4v) is 73.5. The molecular weight excluding hydrogens is 456 g/mol. The van der Waals surface area contributed by atoms with Crippen LogP contribution in [0.1, 0.15) is 11.1 Å². The van der Waals surface area contributed by atoms with Crippen LogP contribution in [0.3, 0.4) is 0 Å². The molecule has 1 aliphatic rings. The highest BCUT2D eigenvalue weighted by Gasteiger charge is 2.72. The van der Waals surface area contributed by atoms with E-state index >= 15 is 0 Å². The lowest BCUT2D eigenvalue weighted by atomic mass is 10.1. The van der Waals surface area contributed by atoms with Gasteiger partial charge >= 0.3 is 0 Å². The van der Waals surface area contributed by atoms with E-state index in [-0.39, 0.29) is 4.66 Å². The Morgan fingerprint density at radius 2 is 0.926 bits per heavy atom. The Hall–Kier alpha value is -0.212. The summed E-state index contributed by atoms with van der Waals surface area (Å²) in [6, 6.07) is 18.8. The Balaban J connectivity index is 2.62. The molecule has 0 amide bonds. The molecule has 0 aliphatic heterocycles. The van der Waals surface area contributed by atoms with Crippen LogP contribution >= 0.6 is 15.3 Å². The van der Waals surface area contributed by atoms with Crippen molar-refractivity contribution in [2.75, 3.05) is 0 Å². The minimum absolute atomic E-state index is 0.238. The molecule has 0 N–H and O–H groups in total. The Labute approximate surface area is 178 Å². The molecule has 0 bridgehead atoms. The third kappa shape index (κ3) is 2.68. The highest BCUT2D eigenvalue weighted by Crippen LogP contribution is 2.62. The van der Waals surface area contributed by atoms with Gasteiger partial charge in [-0.15, -0.1) is 15.3 Å². The first-order valence-electron chi connectivity index (χ1n) is 10.1. The van der Waals surface area contributed by atoms with Crippen LogP contribution < -0.4 is 0 Å². The van der Waals surface area contributed by atoms with Crippen molar-refractivity contribution in [2.24, 2.45) is 0 Å². The standard InChI is InChI=1S/C22H35BrSi4/c1-24(2,3)22(27(23,25(4,5)6)26(7,8)9)20-16-12-10-14-18(20)19-15-11-13-17-21(19)22/h10-17H,1-9H3. The molecule has 27 heavy (non-hydrogen) atoms. The van der Waals surface area contributed by atoms with Crippen molar-refractivity contribution in [1.82, 2.24) is 0 Å². The summed E-state index contributed by atoms with van der Waals surface area (Å²) in [7, 11) is -4.60. The minimum atomic E-state index is -1.86. The number of hydrogen-bond acceptors (Lipinski definition) is 0. The lowest BCUT2D eigenvalue weighted by molar-refractivity contribution is 0.991. The van der Waals surface area contributed by atoms with Crippen molar-refractivity contribution in [3.8, 4) is 11.1 Å². The number of hydrogen-bond donors (Lipinski definition) is 0. The monoisotopic (exact) mass is 490 g/mol. The van der Waals surface area contributed by atoms with Gasteiger partial charge in [0.15, 0.2) is 0 Å². The molecule has 0 saturated heterocycles. The van der Waals surface area contributed by atoms with Gasteiger partial charge in [0, 0.05) is 4.66 Å². The number of halogens is 1. The van der Waals surface area contributed by atoms with E-state index in [0.717, 1.165) is 0 Å².